The maximum atomic E-state index is 12.7. The summed E-state index contributed by atoms with van der Waals surface area (Å²) in [6, 6.07) is 17.6. The van der Waals surface area contributed by atoms with Crippen LogP contribution in [-0.2, 0) is 27.4 Å². The van der Waals surface area contributed by atoms with Crippen molar-refractivity contribution in [2.24, 2.45) is 16.5 Å². The van der Waals surface area contributed by atoms with Crippen molar-refractivity contribution >= 4 is 17.8 Å². The molecule has 0 aromatic heterocycles. The minimum atomic E-state index is -1.28. The smallest absolute Gasteiger partial charge is 0.329 e. The van der Waals surface area contributed by atoms with Gasteiger partial charge in [0.05, 0.1) is 0 Å². The molecule has 2 rings (SSSR count). The Hall–Kier alpha value is -3.39. The second kappa shape index (κ2) is 12.2. The molecule has 6 N–H and O–H groups in total. The number of aliphatic hydroxyl groups excluding tert-OH is 1. The van der Waals surface area contributed by atoms with Crippen LogP contribution in [0.5, 0.6) is 0 Å². The van der Waals surface area contributed by atoms with E-state index in [2.05, 4.69) is 10.3 Å². The van der Waals surface area contributed by atoms with Crippen molar-refractivity contribution < 1.29 is 19.4 Å². The lowest BCUT2D eigenvalue weighted by molar-refractivity contribution is -0.150. The number of esters is 1. The van der Waals surface area contributed by atoms with E-state index in [1.165, 1.54) is 0 Å². The summed E-state index contributed by atoms with van der Waals surface area (Å²) in [4.78, 5) is 28.9. The lowest BCUT2D eigenvalue weighted by Gasteiger charge is -2.20. The fourth-order valence-corrected chi connectivity index (χ4v) is 2.76. The van der Waals surface area contributed by atoms with Crippen LogP contribution in [0, 0.1) is 0 Å². The Morgan fingerprint density at radius 1 is 1.00 bits per heavy atom. The average Bonchev–Trinajstić information content (AvgIpc) is 2.75. The van der Waals surface area contributed by atoms with E-state index in [0.717, 1.165) is 11.1 Å². The molecule has 2 aromatic carbocycles. The fourth-order valence-electron chi connectivity index (χ4n) is 2.76. The van der Waals surface area contributed by atoms with Gasteiger partial charge in [-0.3, -0.25) is 9.79 Å². The second-order valence-corrected chi connectivity index (χ2v) is 6.81. The molecule has 0 unspecified atom stereocenters. The quantitative estimate of drug-likeness (QED) is 0.187. The molecule has 8 nitrogen and oxygen atoms in total. The number of ether oxygens (including phenoxy) is 1. The van der Waals surface area contributed by atoms with E-state index in [1.807, 2.05) is 60.7 Å². The van der Waals surface area contributed by atoms with Crippen molar-refractivity contribution in [1.82, 2.24) is 5.32 Å². The molecule has 0 spiro atoms. The zero-order chi connectivity index (χ0) is 21.8. The van der Waals surface area contributed by atoms with Crippen LogP contribution in [0.3, 0.4) is 0 Å². The van der Waals surface area contributed by atoms with Crippen LogP contribution in [0.25, 0.3) is 0 Å². The number of hydrogen-bond acceptors (Lipinski definition) is 5. The fraction of sp³-hybridized carbons (Fsp3) is 0.318. The van der Waals surface area contributed by atoms with Crippen LogP contribution < -0.4 is 16.8 Å². The zero-order valence-electron chi connectivity index (χ0n) is 16.7. The predicted molar refractivity (Wildman–Crippen MR) is 114 cm³/mol. The number of hydrogen-bond donors (Lipinski definition) is 4. The molecule has 30 heavy (non-hydrogen) atoms. The number of aliphatic imine (C=N–C) groups is 1. The number of nitrogens with zero attached hydrogens (tertiary/aromatic N) is 1. The highest BCUT2D eigenvalue weighted by Crippen LogP contribution is 2.08. The van der Waals surface area contributed by atoms with Gasteiger partial charge in [-0.15, -0.1) is 0 Å². The molecule has 1 amide bonds. The highest BCUT2D eigenvalue weighted by molar-refractivity contribution is 5.87. The third-order valence-corrected chi connectivity index (χ3v) is 4.34. The van der Waals surface area contributed by atoms with Crippen molar-refractivity contribution in [2.45, 2.75) is 38.0 Å². The highest BCUT2D eigenvalue weighted by Gasteiger charge is 2.26. The van der Waals surface area contributed by atoms with Gasteiger partial charge in [0.25, 0.3) is 0 Å². The van der Waals surface area contributed by atoms with Crippen molar-refractivity contribution in [3.63, 3.8) is 0 Å². The van der Waals surface area contributed by atoms with E-state index in [0.29, 0.717) is 13.0 Å². The molecule has 0 saturated heterocycles. The molecule has 0 bridgehead atoms. The summed E-state index contributed by atoms with van der Waals surface area (Å²) in [5.74, 6) is -1.25. The first kappa shape index (κ1) is 22.9. The molecule has 0 heterocycles. The predicted octanol–water partition coefficient (Wildman–Crippen LogP) is 0.872. The summed E-state index contributed by atoms with van der Waals surface area (Å²) in [6.07, 6.45) is -0.436. The van der Waals surface area contributed by atoms with E-state index in [9.17, 15) is 14.7 Å². The second-order valence-electron chi connectivity index (χ2n) is 6.81. The standard InChI is InChI=1S/C22H28N4O4/c23-22(24)25-13-7-12-19(27)20(28)26-18(14-16-8-3-1-4-9-16)21(29)30-15-17-10-5-2-6-11-17/h1-6,8-11,18-19,27H,7,12-15H2,(H,26,28)(H4,23,24,25)/t18-,19+/m1/s1. The molecule has 0 radical (unpaired) electrons. The number of carbonyl (C=O) groups is 2. The molecular formula is C22H28N4O4. The number of amides is 1. The summed E-state index contributed by atoms with van der Waals surface area (Å²) >= 11 is 0. The summed E-state index contributed by atoms with van der Waals surface area (Å²) in [5.41, 5.74) is 12.2. The maximum absolute atomic E-state index is 12.7. The van der Waals surface area contributed by atoms with Crippen LogP contribution >= 0.6 is 0 Å². The monoisotopic (exact) mass is 412 g/mol. The number of nitrogens with two attached hydrogens (primary N) is 2. The molecular weight excluding hydrogens is 384 g/mol. The van der Waals surface area contributed by atoms with E-state index >= 15 is 0 Å². The molecule has 0 aliphatic rings. The number of benzene rings is 2. The van der Waals surface area contributed by atoms with Gasteiger partial charge in [-0.2, -0.15) is 0 Å². The van der Waals surface area contributed by atoms with E-state index in [4.69, 9.17) is 16.2 Å². The minimum Gasteiger partial charge on any atom is -0.459 e. The summed E-state index contributed by atoms with van der Waals surface area (Å²) in [6.45, 7) is 0.404. The highest BCUT2D eigenvalue weighted by atomic mass is 16.5. The largest absolute Gasteiger partial charge is 0.459 e. The average molecular weight is 412 g/mol. The van der Waals surface area contributed by atoms with Crippen LogP contribution in [0.2, 0.25) is 0 Å². The van der Waals surface area contributed by atoms with Crippen molar-refractivity contribution in [3.05, 3.63) is 71.8 Å². The molecule has 0 aliphatic carbocycles. The molecule has 2 atom stereocenters. The summed E-state index contributed by atoms with van der Waals surface area (Å²) in [7, 11) is 0. The molecule has 160 valence electrons. The topological polar surface area (TPSA) is 140 Å². The van der Waals surface area contributed by atoms with Crippen molar-refractivity contribution in [1.29, 1.82) is 0 Å². The number of nitrogens with one attached hydrogen (secondary N) is 1. The lowest BCUT2D eigenvalue weighted by Crippen LogP contribution is -2.47. The Morgan fingerprint density at radius 2 is 1.60 bits per heavy atom. The van der Waals surface area contributed by atoms with Gasteiger partial charge in [0, 0.05) is 13.0 Å². The summed E-state index contributed by atoms with van der Waals surface area (Å²) in [5, 5.41) is 12.7. The third-order valence-electron chi connectivity index (χ3n) is 4.34. The van der Waals surface area contributed by atoms with Gasteiger partial charge in [0.15, 0.2) is 5.96 Å². The van der Waals surface area contributed by atoms with Crippen LogP contribution in [0.15, 0.2) is 65.7 Å². The van der Waals surface area contributed by atoms with Crippen molar-refractivity contribution in [3.8, 4) is 0 Å². The van der Waals surface area contributed by atoms with Crippen molar-refractivity contribution in [2.75, 3.05) is 6.54 Å². The Balaban J connectivity index is 1.96. The van der Waals surface area contributed by atoms with E-state index < -0.39 is 24.0 Å². The van der Waals surface area contributed by atoms with E-state index in [1.54, 1.807) is 0 Å². The third kappa shape index (κ3) is 8.32. The zero-order valence-corrected chi connectivity index (χ0v) is 16.7. The molecule has 0 aliphatic heterocycles. The van der Waals surface area contributed by atoms with Gasteiger partial charge >= 0.3 is 5.97 Å². The summed E-state index contributed by atoms with van der Waals surface area (Å²) < 4.78 is 5.39. The Labute approximate surface area is 175 Å². The number of rotatable bonds is 11. The van der Waals surface area contributed by atoms with Crippen LogP contribution in [0.1, 0.15) is 24.0 Å². The van der Waals surface area contributed by atoms with Gasteiger partial charge in [-0.25, -0.2) is 4.79 Å². The maximum Gasteiger partial charge on any atom is 0.329 e. The number of carbonyl (C=O) groups excluding carboxylic acids is 2. The minimum absolute atomic E-state index is 0.0435. The van der Waals surface area contributed by atoms with Gasteiger partial charge in [0.1, 0.15) is 18.8 Å². The number of guanidine groups is 1. The Kier molecular flexibility index (Phi) is 9.33. The Morgan fingerprint density at radius 3 is 2.20 bits per heavy atom. The number of aliphatic hydroxyl groups is 1. The molecule has 2 aromatic rings. The first-order valence-electron chi connectivity index (χ1n) is 9.74. The SMILES string of the molecule is NC(N)=NCCC[C@H](O)C(=O)N[C@H](Cc1ccccc1)C(=O)OCc1ccccc1. The van der Waals surface area contributed by atoms with Crippen LogP contribution in [-0.4, -0.2) is 41.6 Å². The normalized spacial score (nSPS) is 12.4. The van der Waals surface area contributed by atoms with Gasteiger partial charge in [-0.1, -0.05) is 60.7 Å². The lowest BCUT2D eigenvalue weighted by atomic mass is 10.1. The van der Waals surface area contributed by atoms with E-state index in [-0.39, 0.29) is 25.4 Å². The first-order valence-corrected chi connectivity index (χ1v) is 9.74. The van der Waals surface area contributed by atoms with Gasteiger partial charge < -0.3 is 26.6 Å². The Bertz CT molecular complexity index is 824. The molecule has 8 heteroatoms. The first-order chi connectivity index (χ1) is 14.5. The molecule has 0 fully saturated rings. The van der Waals surface area contributed by atoms with Gasteiger partial charge in [-0.05, 0) is 24.0 Å². The van der Waals surface area contributed by atoms with Crippen LogP contribution in [0.4, 0.5) is 0 Å². The molecule has 0 saturated carbocycles. The van der Waals surface area contributed by atoms with Gasteiger partial charge in [0.2, 0.25) is 5.91 Å².